The summed E-state index contributed by atoms with van der Waals surface area (Å²) in [5.41, 5.74) is 3.98. The molecule has 1 aliphatic carbocycles. The number of oxazole rings is 1. The lowest BCUT2D eigenvalue weighted by Crippen LogP contribution is -1.98. The molecule has 3 aromatic rings. The highest BCUT2D eigenvalue weighted by atomic mass is 35.5. The van der Waals surface area contributed by atoms with E-state index in [0.717, 1.165) is 39.8 Å². The molecular weight excluding hydrogens is 284 g/mol. The van der Waals surface area contributed by atoms with Crippen molar-refractivity contribution in [1.29, 1.82) is 0 Å². The topological polar surface area (TPSA) is 38.1 Å². The van der Waals surface area contributed by atoms with Crippen molar-refractivity contribution < 1.29 is 4.42 Å². The normalized spacial score (nSPS) is 14.5. The zero-order valence-electron chi connectivity index (χ0n) is 11.5. The van der Waals surface area contributed by atoms with E-state index in [1.54, 1.807) is 0 Å². The minimum atomic E-state index is 0.542. The monoisotopic (exact) mass is 298 g/mol. The van der Waals surface area contributed by atoms with E-state index in [2.05, 4.69) is 16.4 Å². The Kier molecular flexibility index (Phi) is 3.08. The molecule has 0 amide bonds. The number of hydrogen-bond acceptors (Lipinski definition) is 3. The lowest BCUT2D eigenvalue weighted by Gasteiger charge is -2.06. The lowest BCUT2D eigenvalue weighted by atomic mass is 10.2. The van der Waals surface area contributed by atoms with Gasteiger partial charge in [-0.1, -0.05) is 23.7 Å². The van der Waals surface area contributed by atoms with E-state index in [1.807, 2.05) is 36.4 Å². The number of benzene rings is 2. The van der Waals surface area contributed by atoms with Gasteiger partial charge in [0.15, 0.2) is 11.5 Å². The van der Waals surface area contributed by atoms with Crippen LogP contribution in [0, 0.1) is 0 Å². The molecule has 0 spiro atoms. The van der Waals surface area contributed by atoms with E-state index in [-0.39, 0.29) is 0 Å². The van der Waals surface area contributed by atoms with E-state index in [0.29, 0.717) is 5.92 Å². The second kappa shape index (κ2) is 5.08. The first-order valence-corrected chi connectivity index (χ1v) is 7.54. The molecule has 0 saturated heterocycles. The van der Waals surface area contributed by atoms with Gasteiger partial charge in [0.25, 0.3) is 0 Å². The highest BCUT2D eigenvalue weighted by Crippen LogP contribution is 2.40. The number of halogens is 1. The minimum absolute atomic E-state index is 0.542. The Balaban J connectivity index is 1.53. The second-order valence-electron chi connectivity index (χ2n) is 5.49. The summed E-state index contributed by atoms with van der Waals surface area (Å²) < 4.78 is 5.77. The van der Waals surface area contributed by atoms with Crippen molar-refractivity contribution in [2.75, 3.05) is 5.32 Å². The lowest BCUT2D eigenvalue weighted by molar-refractivity contribution is 0.533. The maximum atomic E-state index is 5.99. The number of anilines is 1. The van der Waals surface area contributed by atoms with Crippen molar-refractivity contribution in [2.45, 2.75) is 25.3 Å². The summed E-state index contributed by atoms with van der Waals surface area (Å²) in [6.45, 7) is 0.736. The third kappa shape index (κ3) is 2.74. The summed E-state index contributed by atoms with van der Waals surface area (Å²) in [5, 5.41) is 4.15. The standard InChI is InChI=1S/C17H15ClN2O/c18-13-3-1-2-11(8-13)10-19-14-6-7-16-15(9-14)20-17(21-16)12-4-5-12/h1-3,6-9,12,19H,4-5,10H2. The molecule has 0 radical (unpaired) electrons. The van der Waals surface area contributed by atoms with Crippen molar-refractivity contribution in [2.24, 2.45) is 0 Å². The van der Waals surface area contributed by atoms with Crippen molar-refractivity contribution in [1.82, 2.24) is 4.98 Å². The molecule has 4 heteroatoms. The second-order valence-corrected chi connectivity index (χ2v) is 5.93. The van der Waals surface area contributed by atoms with Gasteiger partial charge in [-0.2, -0.15) is 0 Å². The molecule has 3 nitrogen and oxygen atoms in total. The minimum Gasteiger partial charge on any atom is -0.440 e. The SMILES string of the molecule is Clc1cccc(CNc2ccc3oc(C4CC4)nc3c2)c1. The fourth-order valence-corrected chi connectivity index (χ4v) is 2.62. The van der Waals surface area contributed by atoms with E-state index in [1.165, 1.54) is 12.8 Å². The Hall–Kier alpha value is -2.00. The van der Waals surface area contributed by atoms with Crippen LogP contribution in [0.15, 0.2) is 46.9 Å². The smallest absolute Gasteiger partial charge is 0.198 e. The highest BCUT2D eigenvalue weighted by Gasteiger charge is 2.28. The number of aromatic nitrogens is 1. The molecule has 0 atom stereocenters. The Bertz CT molecular complexity index is 792. The summed E-state index contributed by atoms with van der Waals surface area (Å²) in [5.74, 6) is 1.43. The van der Waals surface area contributed by atoms with Crippen LogP contribution in [0.25, 0.3) is 11.1 Å². The molecule has 1 aromatic heterocycles. The van der Waals surface area contributed by atoms with Gasteiger partial charge in [-0.25, -0.2) is 4.98 Å². The third-order valence-corrected chi connectivity index (χ3v) is 3.95. The Morgan fingerprint density at radius 2 is 2.10 bits per heavy atom. The van der Waals surface area contributed by atoms with Crippen LogP contribution in [-0.2, 0) is 6.54 Å². The maximum absolute atomic E-state index is 5.99. The van der Waals surface area contributed by atoms with Gasteiger partial charge < -0.3 is 9.73 Å². The van der Waals surface area contributed by atoms with Crippen LogP contribution in [0.4, 0.5) is 5.69 Å². The van der Waals surface area contributed by atoms with Crippen LogP contribution >= 0.6 is 11.6 Å². The molecular formula is C17H15ClN2O. The summed E-state index contributed by atoms with van der Waals surface area (Å²) >= 11 is 5.99. The Morgan fingerprint density at radius 3 is 2.90 bits per heavy atom. The third-order valence-electron chi connectivity index (χ3n) is 3.72. The first-order chi connectivity index (χ1) is 10.3. The molecule has 1 N–H and O–H groups in total. The predicted octanol–water partition coefficient (Wildman–Crippen LogP) is 4.97. The van der Waals surface area contributed by atoms with Gasteiger partial charge in [-0.15, -0.1) is 0 Å². The number of nitrogens with one attached hydrogen (secondary N) is 1. The quantitative estimate of drug-likeness (QED) is 0.739. The number of nitrogens with zero attached hydrogens (tertiary/aromatic N) is 1. The van der Waals surface area contributed by atoms with Crippen LogP contribution in [0.2, 0.25) is 5.02 Å². The van der Waals surface area contributed by atoms with Gasteiger partial charge in [-0.05, 0) is 48.7 Å². The van der Waals surface area contributed by atoms with E-state index >= 15 is 0 Å². The summed E-state index contributed by atoms with van der Waals surface area (Å²) in [6.07, 6.45) is 2.40. The van der Waals surface area contributed by atoms with E-state index < -0.39 is 0 Å². The maximum Gasteiger partial charge on any atom is 0.198 e. The van der Waals surface area contributed by atoms with Crippen molar-refractivity contribution in [3.63, 3.8) is 0 Å². The van der Waals surface area contributed by atoms with Gasteiger partial charge >= 0.3 is 0 Å². The molecule has 0 bridgehead atoms. The van der Waals surface area contributed by atoms with Crippen molar-refractivity contribution >= 4 is 28.4 Å². The summed E-state index contributed by atoms with van der Waals surface area (Å²) in [4.78, 5) is 4.58. The van der Waals surface area contributed by atoms with Crippen LogP contribution < -0.4 is 5.32 Å². The average molecular weight is 299 g/mol. The zero-order valence-corrected chi connectivity index (χ0v) is 12.2. The van der Waals surface area contributed by atoms with Gasteiger partial charge in [0.2, 0.25) is 0 Å². The fraction of sp³-hybridized carbons (Fsp3) is 0.235. The van der Waals surface area contributed by atoms with Crippen molar-refractivity contribution in [3.8, 4) is 0 Å². The molecule has 1 fully saturated rings. The molecule has 2 aromatic carbocycles. The Labute approximate surface area is 127 Å². The average Bonchev–Trinajstić information content (AvgIpc) is 3.25. The molecule has 0 aliphatic heterocycles. The molecule has 106 valence electrons. The highest BCUT2D eigenvalue weighted by molar-refractivity contribution is 6.30. The van der Waals surface area contributed by atoms with E-state index in [4.69, 9.17) is 16.0 Å². The van der Waals surface area contributed by atoms with E-state index in [9.17, 15) is 0 Å². The van der Waals surface area contributed by atoms with Gasteiger partial charge in [-0.3, -0.25) is 0 Å². The molecule has 1 aliphatic rings. The van der Waals surface area contributed by atoms with Crippen LogP contribution in [-0.4, -0.2) is 4.98 Å². The fourth-order valence-electron chi connectivity index (χ4n) is 2.41. The first kappa shape index (κ1) is 12.7. The number of rotatable bonds is 4. The Morgan fingerprint density at radius 1 is 1.19 bits per heavy atom. The largest absolute Gasteiger partial charge is 0.440 e. The van der Waals surface area contributed by atoms with Gasteiger partial charge in [0.1, 0.15) is 5.52 Å². The molecule has 1 saturated carbocycles. The summed E-state index contributed by atoms with van der Waals surface area (Å²) in [7, 11) is 0. The van der Waals surface area contributed by atoms with Gasteiger partial charge in [0, 0.05) is 23.2 Å². The number of hydrogen-bond donors (Lipinski definition) is 1. The molecule has 0 unspecified atom stereocenters. The molecule has 4 rings (SSSR count). The predicted molar refractivity (Wildman–Crippen MR) is 84.8 cm³/mol. The molecule has 21 heavy (non-hydrogen) atoms. The summed E-state index contributed by atoms with van der Waals surface area (Å²) in [6, 6.07) is 13.9. The molecule has 1 heterocycles. The zero-order chi connectivity index (χ0) is 14.2. The first-order valence-electron chi connectivity index (χ1n) is 7.17. The van der Waals surface area contributed by atoms with Crippen LogP contribution in [0.1, 0.15) is 30.2 Å². The number of fused-ring (bicyclic) bond motifs is 1. The van der Waals surface area contributed by atoms with Crippen LogP contribution in [0.5, 0.6) is 0 Å². The van der Waals surface area contributed by atoms with Gasteiger partial charge in [0.05, 0.1) is 0 Å². The van der Waals surface area contributed by atoms with Crippen LogP contribution in [0.3, 0.4) is 0 Å². The van der Waals surface area contributed by atoms with Crippen molar-refractivity contribution in [3.05, 3.63) is 58.9 Å².